The first-order valence-corrected chi connectivity index (χ1v) is 8.50. The lowest BCUT2D eigenvalue weighted by molar-refractivity contribution is 0.110. The van der Waals surface area contributed by atoms with Crippen LogP contribution in [0.3, 0.4) is 0 Å². The summed E-state index contributed by atoms with van der Waals surface area (Å²) in [6, 6.07) is 9.66. The summed E-state index contributed by atoms with van der Waals surface area (Å²) in [6.07, 6.45) is 5.25. The van der Waals surface area contributed by atoms with Gasteiger partial charge >= 0.3 is 0 Å². The predicted octanol–water partition coefficient (Wildman–Crippen LogP) is 4.31. The van der Waals surface area contributed by atoms with Gasteiger partial charge < -0.3 is 10.1 Å². The first-order chi connectivity index (χ1) is 10.0. The first-order valence-electron chi connectivity index (χ1n) is 8.50. The van der Waals surface area contributed by atoms with Gasteiger partial charge in [0.2, 0.25) is 0 Å². The van der Waals surface area contributed by atoms with Crippen LogP contribution in [-0.2, 0) is 0 Å². The van der Waals surface area contributed by atoms with Gasteiger partial charge in [-0.2, -0.15) is 0 Å². The third-order valence-corrected chi connectivity index (χ3v) is 7.15. The van der Waals surface area contributed by atoms with Gasteiger partial charge in [0.1, 0.15) is 5.75 Å². The van der Waals surface area contributed by atoms with E-state index in [-0.39, 0.29) is 0 Å². The fourth-order valence-electron chi connectivity index (χ4n) is 5.21. The molecule has 2 nitrogen and oxygen atoms in total. The lowest BCUT2D eigenvalue weighted by Gasteiger charge is -2.42. The molecule has 2 heteroatoms. The van der Waals surface area contributed by atoms with Crippen LogP contribution in [0.5, 0.6) is 5.75 Å². The molecular formula is C19H27NO. The first kappa shape index (κ1) is 13.6. The van der Waals surface area contributed by atoms with Crippen LogP contribution in [-0.4, -0.2) is 12.6 Å². The number of hydrogen-bond acceptors (Lipinski definition) is 2. The second-order valence-corrected chi connectivity index (χ2v) is 8.06. The molecule has 1 aromatic rings. The Kier molecular flexibility index (Phi) is 2.91. The van der Waals surface area contributed by atoms with Crippen LogP contribution < -0.4 is 10.1 Å². The molecule has 1 aliphatic heterocycles. The number of benzene rings is 1. The molecule has 2 saturated carbocycles. The van der Waals surface area contributed by atoms with Crippen LogP contribution in [0.1, 0.15) is 58.1 Å². The molecule has 4 rings (SSSR count). The summed E-state index contributed by atoms with van der Waals surface area (Å²) in [7, 11) is 0. The summed E-state index contributed by atoms with van der Waals surface area (Å²) in [5.41, 5.74) is 2.29. The van der Waals surface area contributed by atoms with Crippen molar-refractivity contribution in [3.05, 3.63) is 29.8 Å². The Balaban J connectivity index is 1.59. The average molecular weight is 285 g/mol. The van der Waals surface area contributed by atoms with Crippen molar-refractivity contribution in [2.45, 2.75) is 58.5 Å². The molecule has 2 aliphatic carbocycles. The predicted molar refractivity (Wildman–Crippen MR) is 85.4 cm³/mol. The number of rotatable bonds is 2. The number of ether oxygens (including phenoxy) is 1. The molecule has 0 spiro atoms. The molecule has 0 radical (unpaired) electrons. The highest BCUT2D eigenvalue weighted by Gasteiger charge is 2.61. The quantitative estimate of drug-likeness (QED) is 0.874. The van der Waals surface area contributed by atoms with E-state index in [0.29, 0.717) is 22.9 Å². The smallest absolute Gasteiger partial charge is 0.124 e. The van der Waals surface area contributed by atoms with E-state index in [9.17, 15) is 0 Å². The SMILES string of the molecule is CC1(C)C2CCC1(C)C(NC1CCOc3ccccc31)C2. The number of nitrogens with one attached hydrogen (secondary N) is 1. The zero-order valence-corrected chi connectivity index (χ0v) is 13.5. The Morgan fingerprint density at radius 1 is 1.14 bits per heavy atom. The molecule has 1 aromatic carbocycles. The molecule has 4 unspecified atom stereocenters. The Morgan fingerprint density at radius 3 is 2.67 bits per heavy atom. The van der Waals surface area contributed by atoms with Crippen LogP contribution in [0, 0.1) is 16.7 Å². The lowest BCUT2D eigenvalue weighted by Crippen LogP contribution is -2.46. The van der Waals surface area contributed by atoms with E-state index in [4.69, 9.17) is 4.74 Å². The molecule has 2 bridgehead atoms. The van der Waals surface area contributed by atoms with Crippen molar-refractivity contribution in [2.75, 3.05) is 6.61 Å². The summed E-state index contributed by atoms with van der Waals surface area (Å²) in [5, 5.41) is 4.02. The Morgan fingerprint density at radius 2 is 1.95 bits per heavy atom. The maximum Gasteiger partial charge on any atom is 0.124 e. The largest absolute Gasteiger partial charge is 0.493 e. The van der Waals surface area contributed by atoms with Crippen molar-refractivity contribution in [3.63, 3.8) is 0 Å². The van der Waals surface area contributed by atoms with E-state index in [0.717, 1.165) is 24.7 Å². The van der Waals surface area contributed by atoms with Crippen molar-refractivity contribution in [1.29, 1.82) is 0 Å². The molecule has 114 valence electrons. The standard InChI is InChI=1S/C19H27NO/c1-18(2)13-8-10-19(18,3)17(12-13)20-15-9-11-21-16-7-5-4-6-14(15)16/h4-7,13,15,17,20H,8-12H2,1-3H3. The van der Waals surface area contributed by atoms with Gasteiger partial charge in [0.25, 0.3) is 0 Å². The molecule has 3 aliphatic rings. The Labute approximate surface area is 128 Å². The van der Waals surface area contributed by atoms with Gasteiger partial charge in [0.05, 0.1) is 6.61 Å². The molecule has 0 saturated heterocycles. The highest BCUT2D eigenvalue weighted by atomic mass is 16.5. The van der Waals surface area contributed by atoms with Gasteiger partial charge in [0, 0.05) is 24.1 Å². The van der Waals surface area contributed by atoms with Crippen molar-refractivity contribution < 1.29 is 4.74 Å². The Hall–Kier alpha value is -1.02. The van der Waals surface area contributed by atoms with Crippen LogP contribution in [0.4, 0.5) is 0 Å². The summed E-state index contributed by atoms with van der Waals surface area (Å²) in [5.74, 6) is 1.98. The van der Waals surface area contributed by atoms with Gasteiger partial charge in [-0.1, -0.05) is 39.0 Å². The topological polar surface area (TPSA) is 21.3 Å². The third kappa shape index (κ3) is 1.81. The minimum Gasteiger partial charge on any atom is -0.493 e. The van der Waals surface area contributed by atoms with E-state index in [2.05, 4.69) is 50.4 Å². The second-order valence-electron chi connectivity index (χ2n) is 8.06. The van der Waals surface area contributed by atoms with E-state index >= 15 is 0 Å². The van der Waals surface area contributed by atoms with Crippen LogP contribution >= 0.6 is 0 Å². The summed E-state index contributed by atoms with van der Waals surface area (Å²) < 4.78 is 5.81. The zero-order chi connectivity index (χ0) is 14.7. The van der Waals surface area contributed by atoms with Crippen LogP contribution in [0.2, 0.25) is 0 Å². The molecule has 1 heterocycles. The summed E-state index contributed by atoms with van der Waals surface area (Å²) >= 11 is 0. The van der Waals surface area contributed by atoms with Crippen LogP contribution in [0.15, 0.2) is 24.3 Å². The van der Waals surface area contributed by atoms with E-state index in [1.165, 1.54) is 24.8 Å². The van der Waals surface area contributed by atoms with Crippen LogP contribution in [0.25, 0.3) is 0 Å². The lowest BCUT2D eigenvalue weighted by atomic mass is 9.69. The minimum absolute atomic E-state index is 0.449. The van der Waals surface area contributed by atoms with E-state index in [1.54, 1.807) is 0 Å². The zero-order valence-electron chi connectivity index (χ0n) is 13.5. The number of fused-ring (bicyclic) bond motifs is 3. The highest BCUT2D eigenvalue weighted by Crippen LogP contribution is 2.65. The molecule has 0 aromatic heterocycles. The normalized spacial score (nSPS) is 39.9. The molecule has 1 N–H and O–H groups in total. The summed E-state index contributed by atoms with van der Waals surface area (Å²) in [4.78, 5) is 0. The monoisotopic (exact) mass is 285 g/mol. The fraction of sp³-hybridized carbons (Fsp3) is 0.684. The van der Waals surface area contributed by atoms with Gasteiger partial charge in [-0.3, -0.25) is 0 Å². The van der Waals surface area contributed by atoms with Crippen molar-refractivity contribution in [3.8, 4) is 5.75 Å². The average Bonchev–Trinajstić information content (AvgIpc) is 2.81. The van der Waals surface area contributed by atoms with Gasteiger partial charge in [-0.25, -0.2) is 0 Å². The third-order valence-electron chi connectivity index (χ3n) is 7.15. The van der Waals surface area contributed by atoms with Gasteiger partial charge in [-0.05, 0) is 42.1 Å². The van der Waals surface area contributed by atoms with Crippen molar-refractivity contribution in [2.24, 2.45) is 16.7 Å². The number of hydrogen-bond donors (Lipinski definition) is 1. The van der Waals surface area contributed by atoms with Gasteiger partial charge in [0.15, 0.2) is 0 Å². The van der Waals surface area contributed by atoms with Crippen molar-refractivity contribution >= 4 is 0 Å². The number of para-hydroxylation sites is 1. The molecule has 2 fully saturated rings. The van der Waals surface area contributed by atoms with Crippen molar-refractivity contribution in [1.82, 2.24) is 5.32 Å². The van der Waals surface area contributed by atoms with E-state index < -0.39 is 0 Å². The maximum absolute atomic E-state index is 5.81. The minimum atomic E-state index is 0.449. The highest BCUT2D eigenvalue weighted by molar-refractivity contribution is 5.37. The molecular weight excluding hydrogens is 258 g/mol. The molecule has 0 amide bonds. The molecule has 21 heavy (non-hydrogen) atoms. The van der Waals surface area contributed by atoms with Gasteiger partial charge in [-0.15, -0.1) is 0 Å². The summed E-state index contributed by atoms with van der Waals surface area (Å²) in [6.45, 7) is 8.34. The van der Waals surface area contributed by atoms with E-state index in [1.807, 2.05) is 0 Å². The molecule has 4 atom stereocenters. The fourth-order valence-corrected chi connectivity index (χ4v) is 5.21. The Bertz CT molecular complexity index is 552. The maximum atomic E-state index is 5.81. The second kappa shape index (κ2) is 4.49.